The van der Waals surface area contributed by atoms with Gasteiger partial charge in [0.2, 0.25) is 0 Å². The molecule has 338 valence electrons. The van der Waals surface area contributed by atoms with Gasteiger partial charge in [0.05, 0.1) is 0 Å². The van der Waals surface area contributed by atoms with Gasteiger partial charge in [-0.2, -0.15) is 0 Å². The van der Waals surface area contributed by atoms with Crippen LogP contribution in [0, 0.1) is 0 Å². The Morgan fingerprint density at radius 3 is 0.375 bits per heavy atom. The van der Waals surface area contributed by atoms with Crippen LogP contribution in [0.1, 0.15) is 335 Å². The monoisotopic (exact) mass is 823 g/mol. The average Bonchev–Trinajstić information content (AvgIpc) is 3.21. The predicted molar refractivity (Wildman–Crippen MR) is 267 cm³/mol. The Morgan fingerprint density at radius 2 is 0.250 bits per heavy atom. The molecular weight excluding hydrogens is 713 g/mol. The fraction of sp³-hybridized carbons (Fsp3) is 1.00. The highest BCUT2D eigenvalue weighted by Gasteiger charge is 1.99. The summed E-state index contributed by atoms with van der Waals surface area (Å²) in [6, 6.07) is 0. The highest BCUT2D eigenvalue weighted by molar-refractivity contribution is 8.76. The van der Waals surface area contributed by atoms with Crippen molar-refractivity contribution in [2.45, 2.75) is 335 Å². The van der Waals surface area contributed by atoms with Gasteiger partial charge in [-0.3, -0.25) is 0 Å². The summed E-state index contributed by atoms with van der Waals surface area (Å²) in [6.45, 7) is 4.63. The summed E-state index contributed by atoms with van der Waals surface area (Å²) >= 11 is 0. The minimum absolute atomic E-state index is 1.37. The molecule has 0 aromatic heterocycles. The van der Waals surface area contributed by atoms with E-state index >= 15 is 0 Å². The largest absolute Gasteiger partial charge is 0.0942 e. The van der Waals surface area contributed by atoms with Crippen LogP contribution in [0.25, 0.3) is 0 Å². The van der Waals surface area contributed by atoms with E-state index in [1.165, 1.54) is 333 Å². The Balaban J connectivity index is 3.05. The molecule has 0 aliphatic rings. The zero-order valence-electron chi connectivity index (χ0n) is 39.6. The lowest BCUT2D eigenvalue weighted by Gasteiger charge is -2.05. The summed E-state index contributed by atoms with van der Waals surface area (Å²) in [5.74, 6) is 2.76. The quantitative estimate of drug-likeness (QED) is 0.0443. The van der Waals surface area contributed by atoms with Gasteiger partial charge >= 0.3 is 0 Å². The molecule has 0 atom stereocenters. The van der Waals surface area contributed by atoms with Crippen molar-refractivity contribution < 1.29 is 0 Å². The van der Waals surface area contributed by atoms with E-state index in [-0.39, 0.29) is 0 Å². The molecule has 0 rings (SSSR count). The number of rotatable bonds is 53. The molecule has 2 heteroatoms. The van der Waals surface area contributed by atoms with E-state index in [0.717, 1.165) is 0 Å². The van der Waals surface area contributed by atoms with E-state index in [0.29, 0.717) is 0 Å². The minimum Gasteiger partial charge on any atom is -0.0942 e. The molecule has 56 heavy (non-hydrogen) atoms. The number of hydrogen-bond donors (Lipinski definition) is 0. The summed E-state index contributed by atoms with van der Waals surface area (Å²) in [5.41, 5.74) is 0. The second kappa shape index (κ2) is 55.7. The highest BCUT2D eigenvalue weighted by atomic mass is 33.1. The normalized spacial score (nSPS) is 11.7. The second-order valence-electron chi connectivity index (χ2n) is 18.6. The molecule has 0 aromatic carbocycles. The first-order valence-corrected chi connectivity index (χ1v) is 29.6. The van der Waals surface area contributed by atoms with Crippen LogP contribution in [-0.2, 0) is 0 Å². The molecule has 0 aliphatic heterocycles. The Kier molecular flexibility index (Phi) is 56.4. The minimum atomic E-state index is 1.37. The van der Waals surface area contributed by atoms with Crippen LogP contribution in [0.5, 0.6) is 0 Å². The van der Waals surface area contributed by atoms with Crippen LogP contribution >= 0.6 is 21.6 Å². The first kappa shape index (κ1) is 56.7. The van der Waals surface area contributed by atoms with E-state index in [9.17, 15) is 0 Å². The zero-order chi connectivity index (χ0) is 40.2. The number of hydrogen-bond acceptors (Lipinski definition) is 2. The Labute approximate surface area is 366 Å². The van der Waals surface area contributed by atoms with Gasteiger partial charge < -0.3 is 0 Å². The van der Waals surface area contributed by atoms with E-state index in [1.54, 1.807) is 0 Å². The first-order valence-electron chi connectivity index (χ1n) is 27.2. The smallest absolute Gasteiger partial charge is 0.00369 e. The van der Waals surface area contributed by atoms with E-state index in [4.69, 9.17) is 0 Å². The lowest BCUT2D eigenvalue weighted by molar-refractivity contribution is 0.517. The van der Waals surface area contributed by atoms with Crippen molar-refractivity contribution in [2.24, 2.45) is 0 Å². The van der Waals surface area contributed by atoms with Crippen molar-refractivity contribution >= 4 is 21.6 Å². The molecule has 0 nitrogen and oxygen atoms in total. The third kappa shape index (κ3) is 54.7. The van der Waals surface area contributed by atoms with Crippen molar-refractivity contribution in [3.63, 3.8) is 0 Å². The van der Waals surface area contributed by atoms with E-state index in [1.807, 2.05) is 0 Å². The van der Waals surface area contributed by atoms with E-state index in [2.05, 4.69) is 35.4 Å². The molecule has 0 saturated heterocycles. The summed E-state index contributed by atoms with van der Waals surface area (Å²) in [7, 11) is 4.31. The topological polar surface area (TPSA) is 0 Å². The van der Waals surface area contributed by atoms with Crippen molar-refractivity contribution in [2.75, 3.05) is 11.5 Å². The summed E-state index contributed by atoms with van der Waals surface area (Å²) in [5, 5.41) is 0. The van der Waals surface area contributed by atoms with Crippen LogP contribution in [0.4, 0.5) is 0 Å². The van der Waals surface area contributed by atoms with Crippen LogP contribution in [-0.4, -0.2) is 11.5 Å². The van der Waals surface area contributed by atoms with Gasteiger partial charge in [0.15, 0.2) is 0 Å². The number of unbranched alkanes of at least 4 members (excludes halogenated alkanes) is 48. The lowest BCUT2D eigenvalue weighted by atomic mass is 10.0. The Bertz CT molecular complexity index is 580. The van der Waals surface area contributed by atoms with Crippen LogP contribution in [0.15, 0.2) is 0 Å². The molecule has 0 aromatic rings. The van der Waals surface area contributed by atoms with Crippen LogP contribution in [0.3, 0.4) is 0 Å². The molecule has 0 N–H and O–H groups in total. The fourth-order valence-corrected chi connectivity index (χ4v) is 11.0. The molecule has 0 heterocycles. The zero-order valence-corrected chi connectivity index (χ0v) is 41.2. The summed E-state index contributed by atoms with van der Waals surface area (Å²) in [6.07, 6.45) is 74.0. The van der Waals surface area contributed by atoms with Gasteiger partial charge in [-0.15, -0.1) is 0 Å². The van der Waals surface area contributed by atoms with Crippen molar-refractivity contribution in [1.29, 1.82) is 0 Å². The summed E-state index contributed by atoms with van der Waals surface area (Å²) < 4.78 is 0. The van der Waals surface area contributed by atoms with Gasteiger partial charge in [0.25, 0.3) is 0 Å². The standard InChI is InChI=1S/C54H110S2/c1-3-5-7-9-11-13-15-17-19-21-23-25-27-29-31-33-35-37-39-41-43-45-47-49-51-53-55-56-54-52-50-48-46-44-42-40-38-36-34-32-30-28-26-24-22-20-18-16-14-12-10-8-6-4-2/h3-54H2,1-2H3. The van der Waals surface area contributed by atoms with Gasteiger partial charge in [0.1, 0.15) is 0 Å². The average molecular weight is 824 g/mol. The fourth-order valence-electron chi connectivity index (χ4n) is 8.72. The molecule has 0 spiro atoms. The van der Waals surface area contributed by atoms with Crippen molar-refractivity contribution in [3.8, 4) is 0 Å². The van der Waals surface area contributed by atoms with Crippen LogP contribution < -0.4 is 0 Å². The maximum Gasteiger partial charge on any atom is 0.00369 e. The van der Waals surface area contributed by atoms with Gasteiger partial charge in [-0.1, -0.05) is 344 Å². The molecule has 0 amide bonds. The Hall–Kier alpha value is 0.700. The third-order valence-electron chi connectivity index (χ3n) is 12.7. The van der Waals surface area contributed by atoms with Crippen LogP contribution in [0.2, 0.25) is 0 Å². The van der Waals surface area contributed by atoms with Gasteiger partial charge in [-0.25, -0.2) is 0 Å². The van der Waals surface area contributed by atoms with Crippen molar-refractivity contribution in [3.05, 3.63) is 0 Å². The maximum atomic E-state index is 2.31. The van der Waals surface area contributed by atoms with Crippen molar-refractivity contribution in [1.82, 2.24) is 0 Å². The molecule has 0 unspecified atom stereocenters. The molecule has 0 bridgehead atoms. The summed E-state index contributed by atoms with van der Waals surface area (Å²) in [4.78, 5) is 0. The molecule has 0 radical (unpaired) electrons. The first-order chi connectivity index (χ1) is 27.9. The predicted octanol–water partition coefficient (Wildman–Crippen LogP) is 21.9. The van der Waals surface area contributed by atoms with Gasteiger partial charge in [0, 0.05) is 11.5 Å². The molecular formula is C54H110S2. The van der Waals surface area contributed by atoms with E-state index < -0.39 is 0 Å². The van der Waals surface area contributed by atoms with Gasteiger partial charge in [-0.05, 0) is 12.8 Å². The molecule has 0 saturated carbocycles. The third-order valence-corrected chi connectivity index (χ3v) is 15.3. The lowest BCUT2D eigenvalue weighted by Crippen LogP contribution is -1.85. The molecule has 0 aliphatic carbocycles. The maximum absolute atomic E-state index is 2.31. The second-order valence-corrected chi connectivity index (χ2v) is 21.3. The molecule has 0 fully saturated rings. The SMILES string of the molecule is CCCCCCCCCCCCCCCCCCCCCCCCCCCSSCCCCCCCCCCCCCCCCCCCCCCCCCCC. The Morgan fingerprint density at radius 1 is 0.143 bits per heavy atom. The highest BCUT2D eigenvalue weighted by Crippen LogP contribution is 2.25.